The van der Waals surface area contributed by atoms with Crippen LogP contribution in [0.4, 0.5) is 0 Å². The molecule has 0 spiro atoms. The van der Waals surface area contributed by atoms with Crippen LogP contribution in [0.25, 0.3) is 0 Å². The van der Waals surface area contributed by atoms with Gasteiger partial charge >= 0.3 is 0 Å². The van der Waals surface area contributed by atoms with Gasteiger partial charge in [0, 0.05) is 6.54 Å². The first-order chi connectivity index (χ1) is 9.81. The molecule has 0 radical (unpaired) electrons. The molecular formula is C16H26ClNO3. The summed E-state index contributed by atoms with van der Waals surface area (Å²) in [6.45, 7) is 9.45. The number of aliphatic hydroxyl groups is 1. The predicted molar refractivity (Wildman–Crippen MR) is 86.3 cm³/mol. The lowest BCUT2D eigenvalue weighted by Crippen LogP contribution is -2.37. The van der Waals surface area contributed by atoms with E-state index in [0.29, 0.717) is 16.5 Å². The molecule has 0 amide bonds. The van der Waals surface area contributed by atoms with Gasteiger partial charge in [-0.2, -0.15) is 0 Å². The summed E-state index contributed by atoms with van der Waals surface area (Å²) < 4.78 is 11.1. The van der Waals surface area contributed by atoms with Gasteiger partial charge in [-0.25, -0.2) is 0 Å². The van der Waals surface area contributed by atoms with E-state index in [2.05, 4.69) is 5.32 Å². The lowest BCUT2D eigenvalue weighted by atomic mass is 9.94. The first kappa shape index (κ1) is 18.1. The minimum atomic E-state index is -0.920. The minimum absolute atomic E-state index is 0.0790. The second-order valence-electron chi connectivity index (χ2n) is 5.69. The van der Waals surface area contributed by atoms with Gasteiger partial charge in [0.2, 0.25) is 0 Å². The molecule has 0 bridgehead atoms. The van der Waals surface area contributed by atoms with Crippen molar-refractivity contribution in [3.05, 3.63) is 22.7 Å². The zero-order chi connectivity index (χ0) is 16.0. The van der Waals surface area contributed by atoms with Crippen LogP contribution in [0, 0.1) is 5.92 Å². The number of hydrogen-bond donors (Lipinski definition) is 2. The summed E-state index contributed by atoms with van der Waals surface area (Å²) >= 11 is 6.29. The number of nitrogens with one attached hydrogen (secondary N) is 1. The molecule has 0 aliphatic heterocycles. The van der Waals surface area contributed by atoms with Crippen LogP contribution < -0.4 is 14.8 Å². The van der Waals surface area contributed by atoms with Crippen molar-refractivity contribution in [3.63, 3.8) is 0 Å². The van der Waals surface area contributed by atoms with Gasteiger partial charge in [0.05, 0.1) is 17.7 Å². The Hall–Kier alpha value is -0.970. The van der Waals surface area contributed by atoms with Crippen LogP contribution in [0.3, 0.4) is 0 Å². The van der Waals surface area contributed by atoms with Gasteiger partial charge in [0.1, 0.15) is 6.61 Å². The summed E-state index contributed by atoms with van der Waals surface area (Å²) in [5.74, 6) is 1.13. The zero-order valence-corrected chi connectivity index (χ0v) is 14.3. The first-order valence-corrected chi connectivity index (χ1v) is 7.62. The summed E-state index contributed by atoms with van der Waals surface area (Å²) in [4.78, 5) is 0. The smallest absolute Gasteiger partial charge is 0.179 e. The van der Waals surface area contributed by atoms with Crippen molar-refractivity contribution in [2.45, 2.75) is 39.8 Å². The number of halogens is 1. The molecule has 0 fully saturated rings. The lowest BCUT2D eigenvalue weighted by Gasteiger charge is -2.28. The van der Waals surface area contributed by atoms with Crippen molar-refractivity contribution in [2.24, 2.45) is 5.92 Å². The highest BCUT2D eigenvalue weighted by molar-refractivity contribution is 6.32. The van der Waals surface area contributed by atoms with Gasteiger partial charge in [0.15, 0.2) is 11.5 Å². The fourth-order valence-electron chi connectivity index (χ4n) is 1.67. The normalized spacial score (nSPS) is 14.1. The third-order valence-corrected chi connectivity index (χ3v) is 3.90. The molecule has 2 N–H and O–H groups in total. The summed E-state index contributed by atoms with van der Waals surface area (Å²) in [6, 6.07) is 3.75. The summed E-state index contributed by atoms with van der Waals surface area (Å²) in [6.07, 6.45) is 0. The fourth-order valence-corrected chi connectivity index (χ4v) is 1.96. The molecule has 0 saturated carbocycles. The molecule has 0 aliphatic rings. The maximum Gasteiger partial charge on any atom is 0.179 e. The van der Waals surface area contributed by atoms with E-state index in [1.165, 1.54) is 0 Å². The highest BCUT2D eigenvalue weighted by Crippen LogP contribution is 2.37. The second-order valence-corrected chi connectivity index (χ2v) is 6.10. The average Bonchev–Trinajstić information content (AvgIpc) is 2.43. The van der Waals surface area contributed by atoms with Crippen molar-refractivity contribution >= 4 is 11.6 Å². The highest BCUT2D eigenvalue weighted by Gasteiger charge is 2.27. The zero-order valence-electron chi connectivity index (χ0n) is 13.5. The first-order valence-electron chi connectivity index (χ1n) is 7.24. The van der Waals surface area contributed by atoms with E-state index in [-0.39, 0.29) is 12.5 Å². The van der Waals surface area contributed by atoms with Crippen molar-refractivity contribution < 1.29 is 14.6 Å². The lowest BCUT2D eigenvalue weighted by molar-refractivity contribution is -0.0271. The van der Waals surface area contributed by atoms with Gasteiger partial charge in [0.25, 0.3) is 0 Å². The molecule has 1 rings (SSSR count). The molecule has 0 heterocycles. The van der Waals surface area contributed by atoms with E-state index in [1.54, 1.807) is 14.0 Å². The van der Waals surface area contributed by atoms with E-state index in [9.17, 15) is 5.11 Å². The molecule has 1 unspecified atom stereocenters. The molecule has 0 aromatic heterocycles. The molecule has 21 heavy (non-hydrogen) atoms. The van der Waals surface area contributed by atoms with Gasteiger partial charge in [-0.15, -0.1) is 0 Å². The molecule has 0 aliphatic carbocycles. The Morgan fingerprint density at radius 3 is 2.57 bits per heavy atom. The van der Waals surface area contributed by atoms with E-state index >= 15 is 0 Å². The van der Waals surface area contributed by atoms with Crippen LogP contribution in [-0.2, 0) is 6.54 Å². The summed E-state index contributed by atoms with van der Waals surface area (Å²) in [7, 11) is 1.58. The fraction of sp³-hybridized carbons (Fsp3) is 0.625. The number of hydrogen-bond acceptors (Lipinski definition) is 4. The van der Waals surface area contributed by atoms with Crippen molar-refractivity contribution in [1.82, 2.24) is 5.32 Å². The van der Waals surface area contributed by atoms with E-state index in [0.717, 1.165) is 18.7 Å². The van der Waals surface area contributed by atoms with Crippen LogP contribution in [0.2, 0.25) is 5.02 Å². The largest absolute Gasteiger partial charge is 0.493 e. The van der Waals surface area contributed by atoms with Crippen molar-refractivity contribution in [1.29, 1.82) is 0 Å². The van der Waals surface area contributed by atoms with E-state index in [1.807, 2.05) is 32.9 Å². The van der Waals surface area contributed by atoms with Crippen LogP contribution in [-0.4, -0.2) is 31.0 Å². The monoisotopic (exact) mass is 315 g/mol. The summed E-state index contributed by atoms with van der Waals surface area (Å²) in [5, 5.41) is 14.0. The predicted octanol–water partition coefficient (Wildman–Crippen LogP) is 3.24. The summed E-state index contributed by atoms with van der Waals surface area (Å²) in [5.41, 5.74) is 0.109. The van der Waals surface area contributed by atoms with Gasteiger partial charge < -0.3 is 19.9 Å². The molecule has 5 heteroatoms. The highest BCUT2D eigenvalue weighted by atomic mass is 35.5. The average molecular weight is 316 g/mol. The van der Waals surface area contributed by atoms with Crippen LogP contribution in [0.5, 0.6) is 11.5 Å². The number of ether oxygens (including phenoxy) is 2. The SMILES string of the molecule is CCNCc1cc(Cl)c(OCC(C)(O)C(C)C)c(OC)c1. The Morgan fingerprint density at radius 2 is 2.05 bits per heavy atom. The molecule has 120 valence electrons. The molecule has 4 nitrogen and oxygen atoms in total. The third-order valence-electron chi connectivity index (χ3n) is 3.62. The van der Waals surface area contributed by atoms with E-state index in [4.69, 9.17) is 21.1 Å². The molecule has 0 saturated heterocycles. The molecule has 1 aromatic rings. The third kappa shape index (κ3) is 5.06. The topological polar surface area (TPSA) is 50.7 Å². The number of rotatable bonds is 8. The number of benzene rings is 1. The maximum absolute atomic E-state index is 10.3. The molecule has 1 aromatic carbocycles. The van der Waals surface area contributed by atoms with Crippen LogP contribution in [0.1, 0.15) is 33.3 Å². The Labute approximate surface area is 132 Å². The van der Waals surface area contributed by atoms with E-state index < -0.39 is 5.60 Å². The molecular weight excluding hydrogens is 290 g/mol. The minimum Gasteiger partial charge on any atom is -0.493 e. The quantitative estimate of drug-likeness (QED) is 0.773. The second kappa shape index (κ2) is 7.87. The Morgan fingerprint density at radius 1 is 1.38 bits per heavy atom. The van der Waals surface area contributed by atoms with Gasteiger partial charge in [-0.05, 0) is 37.1 Å². The Bertz CT molecular complexity index is 461. The number of methoxy groups -OCH3 is 1. The van der Waals surface area contributed by atoms with Crippen LogP contribution in [0.15, 0.2) is 12.1 Å². The Kier molecular flexibility index (Phi) is 6.78. The molecule has 1 atom stereocenters. The van der Waals surface area contributed by atoms with Gasteiger partial charge in [-0.1, -0.05) is 32.4 Å². The standard InChI is InChI=1S/C16H26ClNO3/c1-6-18-9-12-7-13(17)15(14(8-12)20-5)21-10-16(4,19)11(2)3/h7-8,11,18-19H,6,9-10H2,1-5H3. The maximum atomic E-state index is 10.3. The van der Waals surface area contributed by atoms with Gasteiger partial charge in [-0.3, -0.25) is 0 Å². The Balaban J connectivity index is 2.91. The van der Waals surface area contributed by atoms with Crippen molar-refractivity contribution in [2.75, 3.05) is 20.3 Å². The van der Waals surface area contributed by atoms with Crippen LogP contribution >= 0.6 is 11.6 Å². The van der Waals surface area contributed by atoms with Crippen molar-refractivity contribution in [3.8, 4) is 11.5 Å².